The van der Waals surface area contributed by atoms with E-state index in [9.17, 15) is 0 Å². The Morgan fingerprint density at radius 3 is 2.42 bits per heavy atom. The highest BCUT2D eigenvalue weighted by Gasteiger charge is 2.19. The molecule has 2 heterocycles. The van der Waals surface area contributed by atoms with Crippen molar-refractivity contribution in [2.45, 2.75) is 26.3 Å². The number of piperazine rings is 1. The molecule has 0 radical (unpaired) electrons. The van der Waals surface area contributed by atoms with E-state index in [0.717, 1.165) is 57.7 Å². The second kappa shape index (κ2) is 6.98. The smallest absolute Gasteiger partial charge is 0.230 e. The number of methoxy groups -OCH3 is 1. The molecule has 2 rings (SSSR count). The zero-order valence-electron chi connectivity index (χ0n) is 12.1. The van der Waals surface area contributed by atoms with Gasteiger partial charge in [-0.3, -0.25) is 9.80 Å². The molecule has 0 amide bonds. The van der Waals surface area contributed by atoms with Gasteiger partial charge in [0.2, 0.25) is 11.8 Å². The fourth-order valence-corrected chi connectivity index (χ4v) is 2.15. The minimum Gasteiger partial charge on any atom is -0.424 e. The fourth-order valence-electron chi connectivity index (χ4n) is 2.15. The lowest BCUT2D eigenvalue weighted by Crippen LogP contribution is -2.46. The van der Waals surface area contributed by atoms with Crippen molar-refractivity contribution >= 4 is 0 Å². The average Bonchev–Trinajstić information content (AvgIpc) is 2.87. The van der Waals surface area contributed by atoms with Crippen molar-refractivity contribution in [1.82, 2.24) is 20.0 Å². The number of hydrogen-bond acceptors (Lipinski definition) is 6. The van der Waals surface area contributed by atoms with Crippen molar-refractivity contribution < 1.29 is 9.15 Å². The van der Waals surface area contributed by atoms with E-state index < -0.39 is 0 Å². The van der Waals surface area contributed by atoms with Gasteiger partial charge in [-0.2, -0.15) is 0 Å². The van der Waals surface area contributed by atoms with Crippen LogP contribution in [0.4, 0.5) is 0 Å². The van der Waals surface area contributed by atoms with Crippen molar-refractivity contribution in [3.63, 3.8) is 0 Å². The summed E-state index contributed by atoms with van der Waals surface area (Å²) in [4.78, 5) is 4.79. The number of aromatic nitrogens is 2. The van der Waals surface area contributed by atoms with Gasteiger partial charge in [0.1, 0.15) is 0 Å². The Balaban J connectivity index is 1.75. The number of hydrogen-bond donors (Lipinski definition) is 0. The minimum atomic E-state index is 0.298. The second-order valence-electron chi connectivity index (χ2n) is 5.30. The van der Waals surface area contributed by atoms with Crippen molar-refractivity contribution in [2.24, 2.45) is 0 Å². The molecule has 1 aliphatic rings. The Morgan fingerprint density at radius 1 is 1.16 bits per heavy atom. The summed E-state index contributed by atoms with van der Waals surface area (Å²) >= 11 is 0. The van der Waals surface area contributed by atoms with Gasteiger partial charge in [0, 0.05) is 45.8 Å². The predicted molar refractivity (Wildman–Crippen MR) is 72.0 cm³/mol. The molecule has 0 aromatic carbocycles. The van der Waals surface area contributed by atoms with Gasteiger partial charge in [0.25, 0.3) is 0 Å². The SMILES string of the molecule is COCCN1CCN(Cc2nnc(C(C)C)o2)CC1. The van der Waals surface area contributed by atoms with Gasteiger partial charge in [0.15, 0.2) is 0 Å². The van der Waals surface area contributed by atoms with Crippen molar-refractivity contribution in [3.8, 4) is 0 Å². The molecule has 0 saturated carbocycles. The fraction of sp³-hybridized carbons (Fsp3) is 0.846. The van der Waals surface area contributed by atoms with Gasteiger partial charge < -0.3 is 9.15 Å². The molecule has 0 atom stereocenters. The summed E-state index contributed by atoms with van der Waals surface area (Å²) in [7, 11) is 1.75. The molecular formula is C13H24N4O2. The minimum absolute atomic E-state index is 0.298. The third-order valence-corrected chi connectivity index (χ3v) is 3.41. The molecule has 1 aromatic heterocycles. The molecule has 1 aromatic rings. The topological polar surface area (TPSA) is 54.6 Å². The third-order valence-electron chi connectivity index (χ3n) is 3.41. The predicted octanol–water partition coefficient (Wildman–Crippen LogP) is 0.957. The first-order valence-corrected chi connectivity index (χ1v) is 6.95. The first-order valence-electron chi connectivity index (χ1n) is 6.95. The molecule has 19 heavy (non-hydrogen) atoms. The van der Waals surface area contributed by atoms with Crippen LogP contribution in [0, 0.1) is 0 Å². The van der Waals surface area contributed by atoms with Crippen LogP contribution in [-0.2, 0) is 11.3 Å². The van der Waals surface area contributed by atoms with E-state index in [0.29, 0.717) is 5.92 Å². The van der Waals surface area contributed by atoms with E-state index >= 15 is 0 Å². The Kier molecular flexibility index (Phi) is 5.30. The summed E-state index contributed by atoms with van der Waals surface area (Å²) in [6.07, 6.45) is 0. The van der Waals surface area contributed by atoms with Crippen molar-refractivity contribution in [1.29, 1.82) is 0 Å². The Bertz CT molecular complexity index is 372. The normalized spacial score (nSPS) is 18.3. The number of nitrogens with zero attached hydrogens (tertiary/aromatic N) is 4. The molecule has 6 nitrogen and oxygen atoms in total. The first-order chi connectivity index (χ1) is 9.19. The van der Waals surface area contributed by atoms with Crippen LogP contribution in [0.3, 0.4) is 0 Å². The van der Waals surface area contributed by atoms with E-state index in [2.05, 4.69) is 33.8 Å². The van der Waals surface area contributed by atoms with Gasteiger partial charge in [0.05, 0.1) is 13.2 Å². The summed E-state index contributed by atoms with van der Waals surface area (Å²) in [5, 5.41) is 8.17. The second-order valence-corrected chi connectivity index (χ2v) is 5.30. The van der Waals surface area contributed by atoms with Crippen LogP contribution in [0.15, 0.2) is 4.42 Å². The maximum Gasteiger partial charge on any atom is 0.230 e. The highest BCUT2D eigenvalue weighted by molar-refractivity contribution is 4.88. The quantitative estimate of drug-likeness (QED) is 0.766. The van der Waals surface area contributed by atoms with Crippen molar-refractivity contribution in [2.75, 3.05) is 46.4 Å². The summed E-state index contributed by atoms with van der Waals surface area (Å²) < 4.78 is 10.7. The van der Waals surface area contributed by atoms with E-state index in [-0.39, 0.29) is 0 Å². The zero-order chi connectivity index (χ0) is 13.7. The number of ether oxygens (including phenoxy) is 1. The van der Waals surface area contributed by atoms with E-state index in [4.69, 9.17) is 9.15 Å². The molecule has 0 bridgehead atoms. The van der Waals surface area contributed by atoms with Crippen LogP contribution in [-0.4, -0.2) is 66.4 Å². The maximum atomic E-state index is 5.64. The Morgan fingerprint density at radius 2 is 1.84 bits per heavy atom. The summed E-state index contributed by atoms with van der Waals surface area (Å²) in [5.74, 6) is 1.76. The van der Waals surface area contributed by atoms with Gasteiger partial charge in [-0.05, 0) is 0 Å². The molecule has 108 valence electrons. The molecule has 1 fully saturated rings. The zero-order valence-corrected chi connectivity index (χ0v) is 12.1. The number of rotatable bonds is 6. The molecule has 1 saturated heterocycles. The van der Waals surface area contributed by atoms with Gasteiger partial charge >= 0.3 is 0 Å². The lowest BCUT2D eigenvalue weighted by Gasteiger charge is -2.33. The standard InChI is InChI=1S/C13H24N4O2/c1-11(2)13-15-14-12(19-13)10-17-6-4-16(5-7-17)8-9-18-3/h11H,4-10H2,1-3H3. The van der Waals surface area contributed by atoms with Gasteiger partial charge in [-0.15, -0.1) is 10.2 Å². The summed E-state index contributed by atoms with van der Waals surface area (Å²) in [6.45, 7) is 11.0. The molecule has 6 heteroatoms. The van der Waals surface area contributed by atoms with Gasteiger partial charge in [-0.25, -0.2) is 0 Å². The third kappa shape index (κ3) is 4.26. The lowest BCUT2D eigenvalue weighted by molar-refractivity contribution is 0.0893. The average molecular weight is 268 g/mol. The maximum absolute atomic E-state index is 5.64. The summed E-state index contributed by atoms with van der Waals surface area (Å²) in [5.41, 5.74) is 0. The van der Waals surface area contributed by atoms with Gasteiger partial charge in [-0.1, -0.05) is 13.8 Å². The van der Waals surface area contributed by atoms with Crippen LogP contribution < -0.4 is 0 Å². The molecule has 0 unspecified atom stereocenters. The molecular weight excluding hydrogens is 244 g/mol. The lowest BCUT2D eigenvalue weighted by atomic mass is 10.2. The molecule has 1 aliphatic heterocycles. The molecule has 0 N–H and O–H groups in total. The Hall–Kier alpha value is -0.980. The van der Waals surface area contributed by atoms with Crippen LogP contribution in [0.25, 0.3) is 0 Å². The van der Waals surface area contributed by atoms with Crippen LogP contribution in [0.1, 0.15) is 31.5 Å². The van der Waals surface area contributed by atoms with E-state index in [1.165, 1.54) is 0 Å². The van der Waals surface area contributed by atoms with E-state index in [1.54, 1.807) is 7.11 Å². The summed E-state index contributed by atoms with van der Waals surface area (Å²) in [6, 6.07) is 0. The van der Waals surface area contributed by atoms with Crippen LogP contribution in [0.2, 0.25) is 0 Å². The van der Waals surface area contributed by atoms with Crippen LogP contribution in [0.5, 0.6) is 0 Å². The molecule has 0 spiro atoms. The largest absolute Gasteiger partial charge is 0.424 e. The highest BCUT2D eigenvalue weighted by Crippen LogP contribution is 2.13. The van der Waals surface area contributed by atoms with Crippen LogP contribution >= 0.6 is 0 Å². The molecule has 0 aliphatic carbocycles. The monoisotopic (exact) mass is 268 g/mol. The first kappa shape index (κ1) is 14.4. The van der Waals surface area contributed by atoms with Crippen molar-refractivity contribution in [3.05, 3.63) is 11.8 Å². The highest BCUT2D eigenvalue weighted by atomic mass is 16.5. The van der Waals surface area contributed by atoms with E-state index in [1.807, 2.05) is 0 Å². The Labute approximate surface area is 114 Å².